The Labute approximate surface area is 106 Å². The molecular formula is C13H16ClNO2. The molecule has 1 saturated carbocycles. The average Bonchev–Trinajstić information content (AvgIpc) is 2.32. The third kappa shape index (κ3) is 2.97. The lowest BCUT2D eigenvalue weighted by molar-refractivity contribution is 0.00479. The number of halogens is 1. The van der Waals surface area contributed by atoms with Gasteiger partial charge in [-0.2, -0.15) is 0 Å². The van der Waals surface area contributed by atoms with E-state index in [4.69, 9.17) is 16.3 Å². The molecule has 2 unspecified atom stereocenters. The number of rotatable bonds is 2. The fraction of sp³-hybridized carbons (Fsp3) is 0.538. The zero-order valence-electron chi connectivity index (χ0n) is 9.86. The van der Waals surface area contributed by atoms with Gasteiger partial charge in [0.15, 0.2) is 0 Å². The predicted octanol–water partition coefficient (Wildman–Crippen LogP) is 3.47. The number of carbonyl (C=O) groups excluding carboxylic acids is 1. The second-order valence-electron chi connectivity index (χ2n) is 4.55. The van der Waals surface area contributed by atoms with E-state index in [2.05, 4.69) is 11.9 Å². The van der Waals surface area contributed by atoms with E-state index in [1.54, 1.807) is 18.3 Å². The fourth-order valence-corrected chi connectivity index (χ4v) is 2.39. The van der Waals surface area contributed by atoms with E-state index in [-0.39, 0.29) is 17.2 Å². The van der Waals surface area contributed by atoms with Gasteiger partial charge < -0.3 is 4.74 Å². The Morgan fingerprint density at radius 2 is 2.24 bits per heavy atom. The topological polar surface area (TPSA) is 39.2 Å². The molecule has 1 aromatic rings. The van der Waals surface area contributed by atoms with Gasteiger partial charge in [-0.1, -0.05) is 24.9 Å². The minimum atomic E-state index is -0.359. The van der Waals surface area contributed by atoms with Crippen molar-refractivity contribution in [2.24, 2.45) is 5.92 Å². The van der Waals surface area contributed by atoms with Crippen LogP contribution in [0, 0.1) is 5.92 Å². The number of ether oxygens (including phenoxy) is 1. The molecule has 1 aliphatic rings. The summed E-state index contributed by atoms with van der Waals surface area (Å²) in [4.78, 5) is 15.8. The third-order valence-corrected chi connectivity index (χ3v) is 3.57. The standard InChI is InChI=1S/C13H16ClNO2/c1-9-5-2-3-7-11(9)17-13(16)10-6-4-8-15-12(10)14/h4,6,8-9,11H,2-3,5,7H2,1H3. The van der Waals surface area contributed by atoms with Crippen molar-refractivity contribution in [2.75, 3.05) is 0 Å². The van der Waals surface area contributed by atoms with Crippen LogP contribution in [0.1, 0.15) is 43.0 Å². The zero-order chi connectivity index (χ0) is 12.3. The van der Waals surface area contributed by atoms with Crippen molar-refractivity contribution < 1.29 is 9.53 Å². The Hall–Kier alpha value is -1.09. The van der Waals surface area contributed by atoms with E-state index >= 15 is 0 Å². The number of pyridine rings is 1. The molecule has 0 bridgehead atoms. The molecule has 2 atom stereocenters. The number of hydrogen-bond acceptors (Lipinski definition) is 3. The molecule has 0 aliphatic heterocycles. The summed E-state index contributed by atoms with van der Waals surface area (Å²) < 4.78 is 5.51. The molecule has 17 heavy (non-hydrogen) atoms. The Morgan fingerprint density at radius 3 is 2.94 bits per heavy atom. The van der Waals surface area contributed by atoms with E-state index in [0.717, 1.165) is 19.3 Å². The minimum Gasteiger partial charge on any atom is -0.458 e. The number of esters is 1. The largest absolute Gasteiger partial charge is 0.458 e. The molecule has 0 aromatic carbocycles. The van der Waals surface area contributed by atoms with Crippen molar-refractivity contribution in [3.05, 3.63) is 29.0 Å². The van der Waals surface area contributed by atoms with Gasteiger partial charge in [-0.25, -0.2) is 9.78 Å². The van der Waals surface area contributed by atoms with E-state index in [1.807, 2.05) is 0 Å². The maximum absolute atomic E-state index is 11.9. The second kappa shape index (κ2) is 5.50. The smallest absolute Gasteiger partial charge is 0.341 e. The lowest BCUT2D eigenvalue weighted by Crippen LogP contribution is -2.28. The summed E-state index contributed by atoms with van der Waals surface area (Å²) >= 11 is 5.86. The van der Waals surface area contributed by atoms with Gasteiger partial charge in [-0.15, -0.1) is 0 Å². The van der Waals surface area contributed by atoms with Crippen LogP contribution in [0.5, 0.6) is 0 Å². The highest BCUT2D eigenvalue weighted by molar-refractivity contribution is 6.32. The maximum Gasteiger partial charge on any atom is 0.341 e. The third-order valence-electron chi connectivity index (χ3n) is 3.27. The van der Waals surface area contributed by atoms with Crippen LogP contribution in [0.15, 0.2) is 18.3 Å². The van der Waals surface area contributed by atoms with Crippen LogP contribution >= 0.6 is 11.6 Å². The van der Waals surface area contributed by atoms with Crippen LogP contribution in [0.2, 0.25) is 5.15 Å². The molecule has 1 fully saturated rings. The van der Waals surface area contributed by atoms with E-state index in [9.17, 15) is 4.79 Å². The normalized spacial score (nSPS) is 24.4. The molecule has 4 heteroatoms. The predicted molar refractivity (Wildman–Crippen MR) is 66.1 cm³/mol. The summed E-state index contributed by atoms with van der Waals surface area (Å²) in [5.74, 6) is 0.0741. The molecule has 1 aromatic heterocycles. The quantitative estimate of drug-likeness (QED) is 0.598. The van der Waals surface area contributed by atoms with Crippen LogP contribution < -0.4 is 0 Å². The SMILES string of the molecule is CC1CCCCC1OC(=O)c1cccnc1Cl. The molecule has 3 nitrogen and oxygen atoms in total. The van der Waals surface area contributed by atoms with Crippen LogP contribution in [-0.4, -0.2) is 17.1 Å². The molecule has 92 valence electrons. The minimum absolute atomic E-state index is 0.0209. The van der Waals surface area contributed by atoms with Gasteiger partial charge in [0.2, 0.25) is 0 Å². The van der Waals surface area contributed by atoms with Gasteiger partial charge in [0.1, 0.15) is 11.3 Å². The highest BCUT2D eigenvalue weighted by Crippen LogP contribution is 2.27. The molecule has 0 spiro atoms. The van der Waals surface area contributed by atoms with Crippen LogP contribution in [0.25, 0.3) is 0 Å². The Bertz CT molecular complexity index is 408. The Morgan fingerprint density at radius 1 is 1.47 bits per heavy atom. The first-order chi connectivity index (χ1) is 8.18. The molecule has 0 N–H and O–H groups in total. The molecule has 0 saturated heterocycles. The summed E-state index contributed by atoms with van der Waals surface area (Å²) in [7, 11) is 0. The lowest BCUT2D eigenvalue weighted by atomic mass is 9.88. The second-order valence-corrected chi connectivity index (χ2v) is 4.91. The van der Waals surface area contributed by atoms with Crippen LogP contribution in [0.4, 0.5) is 0 Å². The van der Waals surface area contributed by atoms with Gasteiger partial charge in [-0.05, 0) is 37.3 Å². The molecule has 0 radical (unpaired) electrons. The van der Waals surface area contributed by atoms with Gasteiger partial charge in [0, 0.05) is 6.20 Å². The van der Waals surface area contributed by atoms with Crippen molar-refractivity contribution in [2.45, 2.75) is 38.7 Å². The van der Waals surface area contributed by atoms with Crippen molar-refractivity contribution in [3.8, 4) is 0 Å². The van der Waals surface area contributed by atoms with Gasteiger partial charge >= 0.3 is 5.97 Å². The highest BCUT2D eigenvalue weighted by Gasteiger charge is 2.26. The van der Waals surface area contributed by atoms with Crippen LogP contribution in [0.3, 0.4) is 0 Å². The monoisotopic (exact) mass is 253 g/mol. The van der Waals surface area contributed by atoms with Gasteiger partial charge in [-0.3, -0.25) is 0 Å². The first kappa shape index (κ1) is 12.4. The molecule has 1 aliphatic carbocycles. The van der Waals surface area contributed by atoms with E-state index < -0.39 is 0 Å². The molecule has 1 heterocycles. The summed E-state index contributed by atoms with van der Waals surface area (Å²) in [6, 6.07) is 3.33. The van der Waals surface area contributed by atoms with Crippen molar-refractivity contribution in [3.63, 3.8) is 0 Å². The summed E-state index contributed by atoms with van der Waals surface area (Å²) in [5.41, 5.74) is 0.354. The van der Waals surface area contributed by atoms with E-state index in [0.29, 0.717) is 11.5 Å². The fourth-order valence-electron chi connectivity index (χ4n) is 2.20. The van der Waals surface area contributed by atoms with Gasteiger partial charge in [0.05, 0.1) is 5.56 Å². The number of aromatic nitrogens is 1. The van der Waals surface area contributed by atoms with Crippen molar-refractivity contribution in [1.82, 2.24) is 4.98 Å². The average molecular weight is 254 g/mol. The summed E-state index contributed by atoms with van der Waals surface area (Å²) in [6.07, 6.45) is 6.00. The van der Waals surface area contributed by atoms with Crippen molar-refractivity contribution in [1.29, 1.82) is 0 Å². The lowest BCUT2D eigenvalue weighted by Gasteiger charge is -2.28. The maximum atomic E-state index is 11.9. The Balaban J connectivity index is 2.04. The molecule has 2 rings (SSSR count). The first-order valence-corrected chi connectivity index (χ1v) is 6.38. The molecule has 0 amide bonds. The first-order valence-electron chi connectivity index (χ1n) is 6.00. The summed E-state index contributed by atoms with van der Waals surface area (Å²) in [5, 5.41) is 0.209. The van der Waals surface area contributed by atoms with Crippen molar-refractivity contribution >= 4 is 17.6 Å². The summed E-state index contributed by atoms with van der Waals surface area (Å²) in [6.45, 7) is 2.13. The zero-order valence-corrected chi connectivity index (χ0v) is 10.6. The number of hydrogen-bond donors (Lipinski definition) is 0. The number of nitrogens with zero attached hydrogens (tertiary/aromatic N) is 1. The number of carbonyl (C=O) groups is 1. The van der Waals surface area contributed by atoms with E-state index in [1.165, 1.54) is 6.42 Å². The molecular weight excluding hydrogens is 238 g/mol. The highest BCUT2D eigenvalue weighted by atomic mass is 35.5. The van der Waals surface area contributed by atoms with Gasteiger partial charge in [0.25, 0.3) is 0 Å². The Kier molecular flexibility index (Phi) is 4.00. The van der Waals surface area contributed by atoms with Crippen LogP contribution in [-0.2, 0) is 4.74 Å².